The molecule has 0 bridgehead atoms. The SMILES string of the molecule is CC(c1ccccc1)c1ccc(O)c(-c2cc(-c3ccccc3)cc(-c3cc(N(c4ccccn4)c4ccccc4-c4ccccc4)cc(C(C)(C)C)c3)n2)c1. The highest BCUT2D eigenvalue weighted by atomic mass is 16.3. The Balaban J connectivity index is 1.35. The van der Waals surface area contributed by atoms with E-state index in [1.54, 1.807) is 6.07 Å². The van der Waals surface area contributed by atoms with Gasteiger partial charge in [-0.1, -0.05) is 149 Å². The van der Waals surface area contributed by atoms with Crippen LogP contribution in [0.25, 0.3) is 44.8 Å². The predicted octanol–water partition coefficient (Wildman–Crippen LogP) is 13.8. The van der Waals surface area contributed by atoms with Crippen LogP contribution >= 0.6 is 0 Å². The smallest absolute Gasteiger partial charge is 0.137 e. The topological polar surface area (TPSA) is 49.2 Å². The number of phenolic OH excluding ortho intramolecular Hbond substituents is 1. The second kappa shape index (κ2) is 15.5. The quantitative estimate of drug-likeness (QED) is 0.161. The molecule has 1 unspecified atom stereocenters. The van der Waals surface area contributed by atoms with Crippen molar-refractivity contribution in [2.24, 2.45) is 0 Å². The Morgan fingerprint density at radius 2 is 1.16 bits per heavy atom. The number of anilines is 3. The highest BCUT2D eigenvalue weighted by Crippen LogP contribution is 2.44. The van der Waals surface area contributed by atoms with E-state index < -0.39 is 0 Å². The first-order valence-corrected chi connectivity index (χ1v) is 19.2. The second-order valence-corrected chi connectivity index (χ2v) is 15.3. The number of phenols is 1. The number of pyridine rings is 2. The minimum atomic E-state index is -0.181. The fraction of sp³-hybridized carbons (Fsp3) is 0.115. The van der Waals surface area contributed by atoms with Crippen LogP contribution in [0.15, 0.2) is 188 Å². The zero-order valence-corrected chi connectivity index (χ0v) is 32.3. The predicted molar refractivity (Wildman–Crippen MR) is 233 cm³/mol. The summed E-state index contributed by atoms with van der Waals surface area (Å²) < 4.78 is 0. The van der Waals surface area contributed by atoms with Crippen molar-refractivity contribution >= 4 is 17.2 Å². The summed E-state index contributed by atoms with van der Waals surface area (Å²) in [5, 5.41) is 11.4. The summed E-state index contributed by atoms with van der Waals surface area (Å²) in [4.78, 5) is 12.5. The summed E-state index contributed by atoms with van der Waals surface area (Å²) in [7, 11) is 0. The van der Waals surface area contributed by atoms with Gasteiger partial charge in [0.15, 0.2) is 0 Å². The molecule has 0 saturated heterocycles. The van der Waals surface area contributed by atoms with Crippen LogP contribution in [-0.2, 0) is 5.41 Å². The van der Waals surface area contributed by atoms with Crippen LogP contribution in [0.3, 0.4) is 0 Å². The summed E-state index contributed by atoms with van der Waals surface area (Å²) in [5.41, 5.74) is 12.8. The number of hydrogen-bond donors (Lipinski definition) is 1. The van der Waals surface area contributed by atoms with Gasteiger partial charge < -0.3 is 5.11 Å². The maximum Gasteiger partial charge on any atom is 0.137 e. The van der Waals surface area contributed by atoms with Gasteiger partial charge in [-0.25, -0.2) is 9.97 Å². The standard InChI is InChI=1S/C52H45N3O/c1-36(37-18-8-5-9-19-37)40-27-28-50(56)46(32-40)48-34-41(38-20-10-6-11-21-38)33-47(54-48)42-30-43(52(2,3)4)35-44(31-42)55(51-26-16-17-29-53-51)49-25-15-14-24-45(49)39-22-12-7-13-23-39/h5-36,56H,1-4H3. The van der Waals surface area contributed by atoms with Crippen LogP contribution in [0.1, 0.15) is 50.3 Å². The molecule has 274 valence electrons. The van der Waals surface area contributed by atoms with E-state index in [9.17, 15) is 5.11 Å². The fourth-order valence-electron chi connectivity index (χ4n) is 7.31. The van der Waals surface area contributed by atoms with E-state index in [-0.39, 0.29) is 17.1 Å². The third-order valence-electron chi connectivity index (χ3n) is 10.5. The number of aromatic nitrogens is 2. The molecule has 0 fully saturated rings. The van der Waals surface area contributed by atoms with Crippen molar-refractivity contribution in [2.45, 2.75) is 39.0 Å². The molecule has 56 heavy (non-hydrogen) atoms. The summed E-state index contributed by atoms with van der Waals surface area (Å²) >= 11 is 0. The molecule has 1 N–H and O–H groups in total. The molecule has 4 heteroatoms. The lowest BCUT2D eigenvalue weighted by atomic mass is 9.85. The number of nitrogens with zero attached hydrogens (tertiary/aromatic N) is 3. The Bertz CT molecular complexity index is 2580. The summed E-state index contributed by atoms with van der Waals surface area (Å²) in [6, 6.07) is 62.9. The Morgan fingerprint density at radius 3 is 1.86 bits per heavy atom. The number of para-hydroxylation sites is 1. The summed E-state index contributed by atoms with van der Waals surface area (Å²) in [5.74, 6) is 1.14. The van der Waals surface area contributed by atoms with Crippen molar-refractivity contribution in [3.05, 3.63) is 205 Å². The first-order chi connectivity index (χ1) is 27.2. The maximum atomic E-state index is 11.4. The van der Waals surface area contributed by atoms with Crippen LogP contribution in [0.2, 0.25) is 0 Å². The molecule has 0 radical (unpaired) electrons. The van der Waals surface area contributed by atoms with Crippen molar-refractivity contribution in [3.63, 3.8) is 0 Å². The van der Waals surface area contributed by atoms with Crippen molar-refractivity contribution in [1.82, 2.24) is 9.97 Å². The van der Waals surface area contributed by atoms with Gasteiger partial charge in [0.1, 0.15) is 11.6 Å². The Hall–Kier alpha value is -6.78. The molecule has 4 nitrogen and oxygen atoms in total. The van der Waals surface area contributed by atoms with Gasteiger partial charge in [-0.15, -0.1) is 0 Å². The van der Waals surface area contributed by atoms with E-state index in [2.05, 4.69) is 172 Å². The van der Waals surface area contributed by atoms with Gasteiger partial charge in [-0.05, 0) is 99.5 Å². The first kappa shape index (κ1) is 36.2. The average Bonchev–Trinajstić information content (AvgIpc) is 3.24. The number of hydrogen-bond acceptors (Lipinski definition) is 4. The molecular weight excluding hydrogens is 683 g/mol. The zero-order chi connectivity index (χ0) is 38.6. The van der Waals surface area contributed by atoms with E-state index >= 15 is 0 Å². The highest BCUT2D eigenvalue weighted by Gasteiger charge is 2.24. The molecule has 0 aliphatic heterocycles. The van der Waals surface area contributed by atoms with Crippen LogP contribution < -0.4 is 4.90 Å². The van der Waals surface area contributed by atoms with E-state index in [1.165, 1.54) is 5.56 Å². The van der Waals surface area contributed by atoms with E-state index in [4.69, 9.17) is 9.97 Å². The summed E-state index contributed by atoms with van der Waals surface area (Å²) in [6.07, 6.45) is 1.85. The average molecular weight is 728 g/mol. The Morgan fingerprint density at radius 1 is 0.518 bits per heavy atom. The van der Waals surface area contributed by atoms with Crippen molar-refractivity contribution in [2.75, 3.05) is 4.90 Å². The molecule has 2 aromatic heterocycles. The van der Waals surface area contributed by atoms with E-state index in [0.29, 0.717) is 11.3 Å². The van der Waals surface area contributed by atoms with Crippen molar-refractivity contribution < 1.29 is 5.11 Å². The van der Waals surface area contributed by atoms with E-state index in [0.717, 1.165) is 61.8 Å². The van der Waals surface area contributed by atoms with E-state index in [1.807, 2.05) is 42.6 Å². The summed E-state index contributed by atoms with van der Waals surface area (Å²) in [6.45, 7) is 8.94. The van der Waals surface area contributed by atoms with Gasteiger partial charge >= 0.3 is 0 Å². The van der Waals surface area contributed by atoms with Crippen LogP contribution in [0.5, 0.6) is 5.75 Å². The van der Waals surface area contributed by atoms with Gasteiger partial charge in [0.25, 0.3) is 0 Å². The number of benzene rings is 6. The van der Waals surface area contributed by atoms with Gasteiger partial charge in [0, 0.05) is 34.5 Å². The molecular formula is C52H45N3O. The molecule has 0 saturated carbocycles. The monoisotopic (exact) mass is 727 g/mol. The van der Waals surface area contributed by atoms with Crippen molar-refractivity contribution in [1.29, 1.82) is 0 Å². The minimum absolute atomic E-state index is 0.134. The molecule has 0 aliphatic rings. The Labute approximate surface area is 330 Å². The molecule has 2 heterocycles. The lowest BCUT2D eigenvalue weighted by Crippen LogP contribution is -2.16. The molecule has 8 aromatic rings. The third kappa shape index (κ3) is 7.60. The molecule has 0 amide bonds. The lowest BCUT2D eigenvalue weighted by Gasteiger charge is -2.29. The van der Waals surface area contributed by atoms with Crippen LogP contribution in [-0.4, -0.2) is 15.1 Å². The van der Waals surface area contributed by atoms with Crippen LogP contribution in [0.4, 0.5) is 17.2 Å². The van der Waals surface area contributed by atoms with Gasteiger partial charge in [0.05, 0.1) is 17.1 Å². The first-order valence-electron chi connectivity index (χ1n) is 19.2. The highest BCUT2D eigenvalue weighted by molar-refractivity contribution is 5.89. The third-order valence-corrected chi connectivity index (χ3v) is 10.5. The van der Waals surface area contributed by atoms with Gasteiger partial charge in [0.2, 0.25) is 0 Å². The molecule has 1 atom stereocenters. The fourth-order valence-corrected chi connectivity index (χ4v) is 7.31. The van der Waals surface area contributed by atoms with Gasteiger partial charge in [-0.3, -0.25) is 4.90 Å². The second-order valence-electron chi connectivity index (χ2n) is 15.3. The maximum absolute atomic E-state index is 11.4. The van der Waals surface area contributed by atoms with Crippen LogP contribution in [0, 0.1) is 0 Å². The molecule has 0 aliphatic carbocycles. The largest absolute Gasteiger partial charge is 0.507 e. The number of aromatic hydroxyl groups is 1. The molecule has 6 aromatic carbocycles. The van der Waals surface area contributed by atoms with Gasteiger partial charge in [-0.2, -0.15) is 0 Å². The lowest BCUT2D eigenvalue weighted by molar-refractivity contribution is 0.477. The van der Waals surface area contributed by atoms with Crippen molar-refractivity contribution in [3.8, 4) is 50.5 Å². The molecule has 8 rings (SSSR count). The number of rotatable bonds is 9. The minimum Gasteiger partial charge on any atom is -0.507 e. The Kier molecular flexibility index (Phi) is 10.0. The normalized spacial score (nSPS) is 11.9. The molecule has 0 spiro atoms. The zero-order valence-electron chi connectivity index (χ0n) is 32.3.